The quantitative estimate of drug-likeness (QED) is 0.484. The van der Waals surface area contributed by atoms with E-state index in [-0.39, 0.29) is 16.5 Å². The highest BCUT2D eigenvalue weighted by Crippen LogP contribution is 2.34. The first-order chi connectivity index (χ1) is 9.14. The van der Waals surface area contributed by atoms with E-state index >= 15 is 0 Å². The summed E-state index contributed by atoms with van der Waals surface area (Å²) in [7, 11) is -5.93. The van der Waals surface area contributed by atoms with Gasteiger partial charge in [-0.2, -0.15) is 31.2 Å². The minimum Gasteiger partial charge on any atom is -0.431 e. The summed E-state index contributed by atoms with van der Waals surface area (Å²) in [5.74, 6) is -0.843. The Hall–Kier alpha value is -2.28. The molecule has 0 atom stereocenters. The number of halogens is 4. The molecule has 1 heterocycles. The van der Waals surface area contributed by atoms with Crippen LogP contribution in [0.25, 0.3) is 11.0 Å². The normalized spacial score (nSPS) is 12.3. The van der Waals surface area contributed by atoms with Crippen molar-refractivity contribution in [3.05, 3.63) is 29.8 Å². The van der Waals surface area contributed by atoms with Gasteiger partial charge in [0.05, 0.1) is 17.0 Å². The molecular weight excluding hydrogens is 306 g/mol. The van der Waals surface area contributed by atoms with Crippen LogP contribution in [-0.4, -0.2) is 13.9 Å². The summed E-state index contributed by atoms with van der Waals surface area (Å²) in [4.78, 5) is 0. The van der Waals surface area contributed by atoms with Gasteiger partial charge >= 0.3 is 15.6 Å². The van der Waals surface area contributed by atoms with E-state index in [4.69, 9.17) is 5.26 Å². The lowest BCUT2D eigenvalue weighted by Crippen LogP contribution is -2.28. The smallest absolute Gasteiger partial charge is 0.431 e. The first-order valence-corrected chi connectivity index (χ1v) is 6.19. The van der Waals surface area contributed by atoms with E-state index < -0.39 is 27.4 Å². The number of furan rings is 1. The zero-order valence-electron chi connectivity index (χ0n) is 9.23. The van der Waals surface area contributed by atoms with Crippen LogP contribution < -0.4 is 4.18 Å². The third-order valence-corrected chi connectivity index (χ3v) is 3.15. The molecule has 1 aromatic carbocycles. The molecular formula is C10H3F4NO4S. The van der Waals surface area contributed by atoms with Gasteiger partial charge in [-0.3, -0.25) is 0 Å². The standard InChI is InChI=1S/C10H3F4NO4S/c11-9-3-6-7(18-9)1-5(4-15)2-8(6)19-20(16,17)10(12,13)14/h1-3H. The maximum Gasteiger partial charge on any atom is 0.534 e. The lowest BCUT2D eigenvalue weighted by Gasteiger charge is -2.10. The molecule has 1 aromatic heterocycles. The summed E-state index contributed by atoms with van der Waals surface area (Å²) in [5.41, 5.74) is -6.21. The Morgan fingerprint density at radius 1 is 1.25 bits per heavy atom. The molecule has 0 saturated carbocycles. The van der Waals surface area contributed by atoms with E-state index in [0.717, 1.165) is 12.1 Å². The Morgan fingerprint density at radius 3 is 2.45 bits per heavy atom. The summed E-state index contributed by atoms with van der Waals surface area (Å²) in [6.07, 6.45) is 0. The summed E-state index contributed by atoms with van der Waals surface area (Å²) in [6, 6.07) is 2.81. The zero-order valence-corrected chi connectivity index (χ0v) is 10.0. The third-order valence-electron chi connectivity index (χ3n) is 2.18. The zero-order chi connectivity index (χ0) is 15.1. The number of hydrogen-bond donors (Lipinski definition) is 0. The lowest BCUT2D eigenvalue weighted by molar-refractivity contribution is -0.0499. The fourth-order valence-corrected chi connectivity index (χ4v) is 1.84. The van der Waals surface area contributed by atoms with Gasteiger partial charge in [-0.15, -0.1) is 0 Å². The number of fused-ring (bicyclic) bond motifs is 1. The van der Waals surface area contributed by atoms with E-state index in [9.17, 15) is 26.0 Å². The number of alkyl halides is 3. The monoisotopic (exact) mass is 309 g/mol. The van der Waals surface area contributed by atoms with Crippen molar-refractivity contribution >= 4 is 21.1 Å². The van der Waals surface area contributed by atoms with Crippen molar-refractivity contribution in [2.75, 3.05) is 0 Å². The lowest BCUT2D eigenvalue weighted by atomic mass is 10.2. The van der Waals surface area contributed by atoms with E-state index in [2.05, 4.69) is 8.60 Å². The molecule has 0 fully saturated rings. The Bertz CT molecular complexity index is 816. The van der Waals surface area contributed by atoms with Gasteiger partial charge in [0.2, 0.25) is 0 Å². The average Bonchev–Trinajstić information content (AvgIpc) is 2.67. The van der Waals surface area contributed by atoms with Gasteiger partial charge < -0.3 is 8.60 Å². The van der Waals surface area contributed by atoms with Gasteiger partial charge in [0.25, 0.3) is 6.01 Å². The molecule has 0 saturated heterocycles. The van der Waals surface area contributed by atoms with Gasteiger partial charge in [-0.1, -0.05) is 0 Å². The van der Waals surface area contributed by atoms with E-state index in [0.29, 0.717) is 6.07 Å². The summed E-state index contributed by atoms with van der Waals surface area (Å²) < 4.78 is 79.8. The molecule has 0 unspecified atom stereocenters. The molecule has 0 aliphatic carbocycles. The number of nitriles is 1. The second-order valence-corrected chi connectivity index (χ2v) is 5.07. The molecule has 0 N–H and O–H groups in total. The predicted octanol–water partition coefficient (Wildman–Crippen LogP) is 2.67. The van der Waals surface area contributed by atoms with Crippen LogP contribution in [0.4, 0.5) is 17.6 Å². The molecule has 0 aliphatic heterocycles. The van der Waals surface area contributed by atoms with Crippen LogP contribution >= 0.6 is 0 Å². The van der Waals surface area contributed by atoms with E-state index in [1.165, 1.54) is 0 Å². The molecule has 5 nitrogen and oxygen atoms in total. The summed E-state index contributed by atoms with van der Waals surface area (Å²) >= 11 is 0. The average molecular weight is 309 g/mol. The molecule has 0 bridgehead atoms. The fraction of sp³-hybridized carbons (Fsp3) is 0.100. The van der Waals surface area contributed by atoms with Crippen molar-refractivity contribution < 1.29 is 34.6 Å². The van der Waals surface area contributed by atoms with E-state index in [1.54, 1.807) is 6.07 Å². The topological polar surface area (TPSA) is 80.3 Å². The van der Waals surface area contributed by atoms with E-state index in [1.807, 2.05) is 0 Å². The number of nitrogens with zero attached hydrogens (tertiary/aromatic N) is 1. The molecule has 106 valence electrons. The Morgan fingerprint density at radius 2 is 1.90 bits per heavy atom. The molecule has 0 radical (unpaired) electrons. The summed E-state index contributed by atoms with van der Waals surface area (Å²) in [5, 5.41) is 8.34. The first kappa shape index (κ1) is 14.1. The Balaban J connectivity index is 2.63. The number of rotatable bonds is 2. The largest absolute Gasteiger partial charge is 0.534 e. The molecule has 0 aliphatic rings. The van der Waals surface area contributed by atoms with Gasteiger partial charge in [0.1, 0.15) is 5.58 Å². The molecule has 10 heteroatoms. The third kappa shape index (κ3) is 2.39. The van der Waals surface area contributed by atoms with Gasteiger partial charge in [0.15, 0.2) is 5.75 Å². The highest BCUT2D eigenvalue weighted by molar-refractivity contribution is 7.88. The predicted molar refractivity (Wildman–Crippen MR) is 56.5 cm³/mol. The van der Waals surface area contributed by atoms with Gasteiger partial charge in [-0.05, 0) is 6.07 Å². The van der Waals surface area contributed by atoms with Gasteiger partial charge in [-0.25, -0.2) is 0 Å². The summed E-state index contributed by atoms with van der Waals surface area (Å²) in [6.45, 7) is 0. The molecule has 2 rings (SSSR count). The molecule has 0 spiro atoms. The van der Waals surface area contributed by atoms with Crippen molar-refractivity contribution in [2.24, 2.45) is 0 Å². The van der Waals surface area contributed by atoms with Crippen LogP contribution in [-0.2, 0) is 10.1 Å². The van der Waals surface area contributed by atoms with Crippen molar-refractivity contribution in [3.63, 3.8) is 0 Å². The second kappa shape index (κ2) is 4.38. The fourth-order valence-electron chi connectivity index (χ4n) is 1.37. The maximum atomic E-state index is 12.9. The van der Waals surface area contributed by atoms with Crippen molar-refractivity contribution in [1.29, 1.82) is 5.26 Å². The maximum absolute atomic E-state index is 12.9. The van der Waals surface area contributed by atoms with Crippen LogP contribution in [0.5, 0.6) is 5.75 Å². The minimum atomic E-state index is -5.93. The Kier molecular flexibility index (Phi) is 3.09. The van der Waals surface area contributed by atoms with Crippen LogP contribution in [0, 0.1) is 17.3 Å². The van der Waals surface area contributed by atoms with Crippen LogP contribution in [0.15, 0.2) is 22.6 Å². The van der Waals surface area contributed by atoms with Crippen LogP contribution in [0.2, 0.25) is 0 Å². The Labute approximate surface area is 109 Å². The van der Waals surface area contributed by atoms with Crippen molar-refractivity contribution in [2.45, 2.75) is 5.51 Å². The minimum absolute atomic E-state index is 0.251. The highest BCUT2D eigenvalue weighted by Gasteiger charge is 2.48. The highest BCUT2D eigenvalue weighted by atomic mass is 32.2. The number of hydrogen-bond acceptors (Lipinski definition) is 5. The second-order valence-electron chi connectivity index (χ2n) is 3.53. The molecule has 2 aromatic rings. The SMILES string of the molecule is N#Cc1cc(OS(=O)(=O)C(F)(F)F)c2cc(F)oc2c1. The molecule has 20 heavy (non-hydrogen) atoms. The number of benzene rings is 1. The van der Waals surface area contributed by atoms with Crippen LogP contribution in [0.3, 0.4) is 0 Å². The van der Waals surface area contributed by atoms with Gasteiger partial charge in [0, 0.05) is 12.1 Å². The van der Waals surface area contributed by atoms with Crippen molar-refractivity contribution in [1.82, 2.24) is 0 Å². The van der Waals surface area contributed by atoms with Crippen molar-refractivity contribution in [3.8, 4) is 11.8 Å². The first-order valence-electron chi connectivity index (χ1n) is 4.78. The van der Waals surface area contributed by atoms with Crippen LogP contribution in [0.1, 0.15) is 5.56 Å². The molecule has 0 amide bonds.